The molecular formula is C20H14F3N2O4-. The summed E-state index contributed by atoms with van der Waals surface area (Å²) in [5.74, 6) is -2.20. The Balaban J connectivity index is 2.23. The first-order valence-electron chi connectivity index (χ1n) is 8.47. The average molecular weight is 403 g/mol. The fraction of sp³-hybridized carbons (Fsp3) is 0.150. The molecule has 0 bridgehead atoms. The summed E-state index contributed by atoms with van der Waals surface area (Å²) in [5.41, 5.74) is -1.28. The molecular weight excluding hydrogens is 389 g/mol. The van der Waals surface area contributed by atoms with Crippen LogP contribution in [0, 0.1) is 0 Å². The van der Waals surface area contributed by atoms with Gasteiger partial charge in [0.05, 0.1) is 29.3 Å². The van der Waals surface area contributed by atoms with Crippen LogP contribution in [-0.4, -0.2) is 23.5 Å². The number of hydrogen-bond acceptors (Lipinski definition) is 6. The van der Waals surface area contributed by atoms with E-state index < -0.39 is 23.7 Å². The number of nitrogens with one attached hydrogen (secondary N) is 1. The summed E-state index contributed by atoms with van der Waals surface area (Å²) in [6, 6.07) is 8.95. The number of alkyl halides is 3. The Bertz CT molecular complexity index is 1100. The maximum Gasteiger partial charge on any atom is 0.418 e. The number of pyridine rings is 1. The monoisotopic (exact) mass is 403 g/mol. The molecule has 1 N–H and O–H groups in total. The highest BCUT2D eigenvalue weighted by Gasteiger charge is 2.34. The SMILES string of the molecule is CCOC(=O)c1cnc2c(C(F)(F)F)cccc2c1Nc1cccc(C(=O)[O-])c1. The summed E-state index contributed by atoms with van der Waals surface area (Å²) in [6.45, 7) is 1.64. The van der Waals surface area contributed by atoms with Crippen LogP contribution < -0.4 is 10.4 Å². The van der Waals surface area contributed by atoms with Gasteiger partial charge in [0.25, 0.3) is 0 Å². The van der Waals surface area contributed by atoms with Gasteiger partial charge in [-0.15, -0.1) is 0 Å². The zero-order valence-corrected chi connectivity index (χ0v) is 15.0. The third-order valence-corrected chi connectivity index (χ3v) is 4.07. The van der Waals surface area contributed by atoms with E-state index in [1.165, 1.54) is 36.4 Å². The number of benzene rings is 2. The van der Waals surface area contributed by atoms with Gasteiger partial charge in [0.1, 0.15) is 5.56 Å². The van der Waals surface area contributed by atoms with Crippen molar-refractivity contribution >= 4 is 34.2 Å². The van der Waals surface area contributed by atoms with Gasteiger partial charge in [-0.1, -0.05) is 24.3 Å². The fourth-order valence-corrected chi connectivity index (χ4v) is 2.82. The molecule has 0 aliphatic carbocycles. The summed E-state index contributed by atoms with van der Waals surface area (Å²) in [5, 5.41) is 13.9. The highest BCUT2D eigenvalue weighted by molar-refractivity contribution is 6.06. The summed E-state index contributed by atoms with van der Waals surface area (Å²) in [4.78, 5) is 27.2. The largest absolute Gasteiger partial charge is 0.545 e. The topological polar surface area (TPSA) is 91.3 Å². The third-order valence-electron chi connectivity index (χ3n) is 4.07. The lowest BCUT2D eigenvalue weighted by atomic mass is 10.0. The van der Waals surface area contributed by atoms with Crippen molar-refractivity contribution in [2.24, 2.45) is 0 Å². The van der Waals surface area contributed by atoms with E-state index in [-0.39, 0.29) is 40.0 Å². The highest BCUT2D eigenvalue weighted by atomic mass is 19.4. The summed E-state index contributed by atoms with van der Waals surface area (Å²) in [7, 11) is 0. The van der Waals surface area contributed by atoms with E-state index in [4.69, 9.17) is 4.74 Å². The van der Waals surface area contributed by atoms with Gasteiger partial charge in [0.2, 0.25) is 0 Å². The quantitative estimate of drug-likeness (QED) is 0.656. The second-order valence-electron chi connectivity index (χ2n) is 5.96. The zero-order valence-electron chi connectivity index (χ0n) is 15.0. The molecule has 0 spiro atoms. The van der Waals surface area contributed by atoms with Crippen molar-refractivity contribution in [2.45, 2.75) is 13.1 Å². The first kappa shape index (κ1) is 20.1. The van der Waals surface area contributed by atoms with Crippen LogP contribution in [0.4, 0.5) is 24.5 Å². The lowest BCUT2D eigenvalue weighted by Gasteiger charge is -2.17. The Hall–Kier alpha value is -3.62. The van der Waals surface area contributed by atoms with Gasteiger partial charge in [0.15, 0.2) is 0 Å². The number of halogens is 3. The van der Waals surface area contributed by atoms with Crippen molar-refractivity contribution in [3.63, 3.8) is 0 Å². The first-order chi connectivity index (χ1) is 13.7. The molecule has 0 amide bonds. The normalized spacial score (nSPS) is 11.3. The molecule has 0 saturated carbocycles. The van der Waals surface area contributed by atoms with Crippen molar-refractivity contribution < 1.29 is 32.6 Å². The molecule has 3 aromatic rings. The van der Waals surface area contributed by atoms with E-state index in [0.29, 0.717) is 0 Å². The van der Waals surface area contributed by atoms with E-state index >= 15 is 0 Å². The molecule has 0 saturated heterocycles. The van der Waals surface area contributed by atoms with Gasteiger partial charge in [-0.2, -0.15) is 13.2 Å². The molecule has 0 aliphatic heterocycles. The Morgan fingerprint density at radius 1 is 1.17 bits per heavy atom. The summed E-state index contributed by atoms with van der Waals surface area (Å²) >= 11 is 0. The molecule has 29 heavy (non-hydrogen) atoms. The van der Waals surface area contributed by atoms with E-state index in [2.05, 4.69) is 10.3 Å². The number of carboxylic acids is 1. The minimum absolute atomic E-state index is 0.0232. The Kier molecular flexibility index (Phi) is 5.40. The number of carboxylic acid groups (broad SMARTS) is 1. The van der Waals surface area contributed by atoms with Crippen LogP contribution in [-0.2, 0) is 10.9 Å². The molecule has 3 rings (SSSR count). The minimum atomic E-state index is -4.65. The second kappa shape index (κ2) is 7.78. The van der Waals surface area contributed by atoms with E-state index in [1.807, 2.05) is 0 Å². The number of fused-ring (bicyclic) bond motifs is 1. The molecule has 2 aromatic carbocycles. The van der Waals surface area contributed by atoms with Crippen molar-refractivity contribution in [3.8, 4) is 0 Å². The standard InChI is InChI=1S/C20H15F3N2O4/c1-2-29-19(28)14-10-24-17-13(7-4-8-15(17)20(21,22)23)16(14)25-12-6-3-5-11(9-12)18(26)27/h3-10H,2H2,1H3,(H,24,25)(H,26,27)/p-1. The van der Waals surface area contributed by atoms with Crippen LogP contribution in [0.25, 0.3) is 10.9 Å². The first-order valence-corrected chi connectivity index (χ1v) is 8.47. The van der Waals surface area contributed by atoms with Crippen molar-refractivity contribution in [3.05, 3.63) is 65.4 Å². The number of nitrogens with zero attached hydrogens (tertiary/aromatic N) is 1. The molecule has 0 unspecified atom stereocenters. The van der Waals surface area contributed by atoms with Gasteiger partial charge >= 0.3 is 12.1 Å². The number of rotatable bonds is 5. The van der Waals surface area contributed by atoms with Crippen LogP contribution in [0.15, 0.2) is 48.7 Å². The number of aromatic nitrogens is 1. The summed E-state index contributed by atoms with van der Waals surface area (Å²) < 4.78 is 45.1. The van der Waals surface area contributed by atoms with Crippen LogP contribution in [0.5, 0.6) is 0 Å². The molecule has 6 nitrogen and oxygen atoms in total. The molecule has 1 heterocycles. The fourth-order valence-electron chi connectivity index (χ4n) is 2.82. The zero-order chi connectivity index (χ0) is 21.2. The molecule has 0 radical (unpaired) electrons. The predicted octanol–water partition coefficient (Wildman–Crippen LogP) is 3.54. The lowest BCUT2D eigenvalue weighted by Crippen LogP contribution is -2.22. The van der Waals surface area contributed by atoms with Gasteiger partial charge in [0, 0.05) is 17.3 Å². The number of ether oxygens (including phenoxy) is 1. The molecule has 0 atom stereocenters. The van der Waals surface area contributed by atoms with E-state index in [9.17, 15) is 27.9 Å². The van der Waals surface area contributed by atoms with Crippen LogP contribution in [0.3, 0.4) is 0 Å². The molecule has 150 valence electrons. The minimum Gasteiger partial charge on any atom is -0.545 e. The van der Waals surface area contributed by atoms with Crippen molar-refractivity contribution in [1.82, 2.24) is 4.98 Å². The predicted molar refractivity (Wildman–Crippen MR) is 96.8 cm³/mol. The number of anilines is 2. The third kappa shape index (κ3) is 4.13. The molecule has 1 aromatic heterocycles. The highest BCUT2D eigenvalue weighted by Crippen LogP contribution is 2.38. The van der Waals surface area contributed by atoms with E-state index in [1.54, 1.807) is 6.92 Å². The Morgan fingerprint density at radius 3 is 2.55 bits per heavy atom. The van der Waals surface area contributed by atoms with Gasteiger partial charge in [-0.25, -0.2) is 4.79 Å². The smallest absolute Gasteiger partial charge is 0.418 e. The van der Waals surface area contributed by atoms with E-state index in [0.717, 1.165) is 12.3 Å². The van der Waals surface area contributed by atoms with Gasteiger partial charge < -0.3 is 20.0 Å². The average Bonchev–Trinajstić information content (AvgIpc) is 2.67. The maximum absolute atomic E-state index is 13.4. The van der Waals surface area contributed by atoms with Crippen LogP contribution in [0.1, 0.15) is 33.2 Å². The number of esters is 1. The molecule has 9 heteroatoms. The Morgan fingerprint density at radius 2 is 1.90 bits per heavy atom. The number of aromatic carboxylic acids is 1. The second-order valence-corrected chi connectivity index (χ2v) is 5.96. The van der Waals surface area contributed by atoms with Crippen LogP contribution >= 0.6 is 0 Å². The molecule has 0 aliphatic rings. The van der Waals surface area contributed by atoms with Crippen LogP contribution in [0.2, 0.25) is 0 Å². The van der Waals surface area contributed by atoms with Gasteiger partial charge in [-0.3, -0.25) is 4.98 Å². The lowest BCUT2D eigenvalue weighted by molar-refractivity contribution is -0.255. The molecule has 0 fully saturated rings. The Labute approximate surface area is 162 Å². The number of hydrogen-bond donors (Lipinski definition) is 1. The summed E-state index contributed by atoms with van der Waals surface area (Å²) in [6.07, 6.45) is -3.65. The van der Waals surface area contributed by atoms with Gasteiger partial charge in [-0.05, 0) is 30.7 Å². The van der Waals surface area contributed by atoms with Crippen molar-refractivity contribution in [1.29, 1.82) is 0 Å². The number of carbonyl (C=O) groups excluding carboxylic acids is 2. The number of carbonyl (C=O) groups is 2. The number of para-hydroxylation sites is 1. The van der Waals surface area contributed by atoms with Crippen molar-refractivity contribution in [2.75, 3.05) is 11.9 Å². The maximum atomic E-state index is 13.4.